The van der Waals surface area contributed by atoms with Crippen LogP contribution in [0.4, 0.5) is 0 Å². The minimum atomic E-state index is 0.570. The topological polar surface area (TPSA) is 28.2 Å². The second-order valence-corrected chi connectivity index (χ2v) is 5.68. The van der Waals surface area contributed by atoms with E-state index in [1.807, 2.05) is 12.4 Å². The van der Waals surface area contributed by atoms with Crippen LogP contribution < -0.4 is 5.32 Å². The molecule has 1 aliphatic heterocycles. The number of fused-ring (bicyclic) bond motifs is 1. The van der Waals surface area contributed by atoms with Crippen LogP contribution in [0.15, 0.2) is 36.7 Å². The van der Waals surface area contributed by atoms with E-state index in [4.69, 9.17) is 0 Å². The number of pyridine rings is 1. The van der Waals surface area contributed by atoms with Crippen molar-refractivity contribution >= 4 is 10.8 Å². The highest BCUT2D eigenvalue weighted by molar-refractivity contribution is 5.84. The van der Waals surface area contributed by atoms with E-state index in [-0.39, 0.29) is 0 Å². The van der Waals surface area contributed by atoms with Gasteiger partial charge in [0.1, 0.15) is 0 Å². The summed E-state index contributed by atoms with van der Waals surface area (Å²) in [5, 5.41) is 6.14. The molecule has 2 unspecified atom stereocenters. The van der Waals surface area contributed by atoms with Crippen molar-refractivity contribution in [3.63, 3.8) is 0 Å². The van der Waals surface area contributed by atoms with Gasteiger partial charge in [-0.3, -0.25) is 9.88 Å². The molecule has 3 heteroatoms. The first kappa shape index (κ1) is 12.6. The lowest BCUT2D eigenvalue weighted by Gasteiger charge is -2.36. The molecule has 0 amide bonds. The largest absolute Gasteiger partial charge is 0.309 e. The Kier molecular flexibility index (Phi) is 3.49. The van der Waals surface area contributed by atoms with Crippen molar-refractivity contribution in [1.29, 1.82) is 0 Å². The lowest BCUT2D eigenvalue weighted by atomic mass is 10.0. The van der Waals surface area contributed by atoms with E-state index in [0.717, 1.165) is 19.6 Å². The van der Waals surface area contributed by atoms with Gasteiger partial charge >= 0.3 is 0 Å². The third-order valence-corrected chi connectivity index (χ3v) is 3.80. The van der Waals surface area contributed by atoms with E-state index >= 15 is 0 Å². The van der Waals surface area contributed by atoms with E-state index in [2.05, 4.69) is 53.3 Å². The van der Waals surface area contributed by atoms with Gasteiger partial charge in [-0.05, 0) is 30.9 Å². The third-order valence-electron chi connectivity index (χ3n) is 3.80. The van der Waals surface area contributed by atoms with Crippen LogP contribution in [0.5, 0.6) is 0 Å². The van der Waals surface area contributed by atoms with Crippen molar-refractivity contribution < 1.29 is 0 Å². The molecule has 1 aliphatic rings. The summed E-state index contributed by atoms with van der Waals surface area (Å²) in [4.78, 5) is 6.74. The van der Waals surface area contributed by atoms with Crippen molar-refractivity contribution in [2.45, 2.75) is 32.5 Å². The maximum absolute atomic E-state index is 4.20. The summed E-state index contributed by atoms with van der Waals surface area (Å²) in [6.07, 6.45) is 3.83. The molecule has 1 saturated heterocycles. The Morgan fingerprint density at radius 1 is 1.21 bits per heavy atom. The first-order valence-electron chi connectivity index (χ1n) is 7.02. The summed E-state index contributed by atoms with van der Waals surface area (Å²) in [5.41, 5.74) is 1.40. The van der Waals surface area contributed by atoms with Gasteiger partial charge in [0.2, 0.25) is 0 Å². The summed E-state index contributed by atoms with van der Waals surface area (Å²) >= 11 is 0. The normalized spacial score (nSPS) is 24.7. The molecule has 2 atom stereocenters. The smallest absolute Gasteiger partial charge is 0.0346 e. The van der Waals surface area contributed by atoms with E-state index in [0.29, 0.717) is 12.1 Å². The van der Waals surface area contributed by atoms with Crippen LogP contribution in [0.3, 0.4) is 0 Å². The molecule has 1 N–H and O–H groups in total. The van der Waals surface area contributed by atoms with Crippen LogP contribution in [-0.4, -0.2) is 35.1 Å². The average Bonchev–Trinajstić information content (AvgIpc) is 2.38. The minimum Gasteiger partial charge on any atom is -0.309 e. The number of hydrogen-bond donors (Lipinski definition) is 1. The van der Waals surface area contributed by atoms with E-state index < -0.39 is 0 Å². The van der Waals surface area contributed by atoms with Gasteiger partial charge in [0.05, 0.1) is 0 Å². The highest BCUT2D eigenvalue weighted by Crippen LogP contribution is 2.20. The highest BCUT2D eigenvalue weighted by atomic mass is 15.2. The van der Waals surface area contributed by atoms with Crippen molar-refractivity contribution in [3.8, 4) is 0 Å². The molecule has 0 saturated carbocycles. The van der Waals surface area contributed by atoms with Gasteiger partial charge in [0.15, 0.2) is 0 Å². The molecule has 3 rings (SSSR count). The van der Waals surface area contributed by atoms with Crippen molar-refractivity contribution in [1.82, 2.24) is 15.2 Å². The summed E-state index contributed by atoms with van der Waals surface area (Å²) in [6.45, 7) is 7.78. The number of nitrogens with zero attached hydrogens (tertiary/aromatic N) is 2. The maximum Gasteiger partial charge on any atom is 0.0346 e. The van der Waals surface area contributed by atoms with Gasteiger partial charge in [-0.1, -0.05) is 18.2 Å². The molecule has 1 fully saturated rings. The molecule has 0 spiro atoms. The first-order valence-corrected chi connectivity index (χ1v) is 7.02. The predicted molar refractivity (Wildman–Crippen MR) is 79.1 cm³/mol. The Labute approximate surface area is 114 Å². The molecule has 19 heavy (non-hydrogen) atoms. The van der Waals surface area contributed by atoms with Crippen LogP contribution in [-0.2, 0) is 6.54 Å². The zero-order valence-corrected chi connectivity index (χ0v) is 11.6. The Balaban J connectivity index is 1.85. The molecule has 0 aliphatic carbocycles. The number of aromatic nitrogens is 1. The Morgan fingerprint density at radius 2 is 2.00 bits per heavy atom. The van der Waals surface area contributed by atoms with Gasteiger partial charge in [-0.15, -0.1) is 0 Å². The number of piperazine rings is 1. The average molecular weight is 255 g/mol. The van der Waals surface area contributed by atoms with Gasteiger partial charge in [0.25, 0.3) is 0 Å². The Hall–Kier alpha value is -1.45. The fraction of sp³-hybridized carbons (Fsp3) is 0.438. The molecular weight excluding hydrogens is 234 g/mol. The third kappa shape index (κ3) is 2.77. The Bertz CT molecular complexity index is 551. The van der Waals surface area contributed by atoms with Gasteiger partial charge < -0.3 is 5.32 Å². The molecule has 0 bridgehead atoms. The summed E-state index contributed by atoms with van der Waals surface area (Å²) in [5.74, 6) is 0. The first-order chi connectivity index (χ1) is 9.22. The van der Waals surface area contributed by atoms with E-state index in [1.165, 1.54) is 16.3 Å². The van der Waals surface area contributed by atoms with Crippen LogP contribution in [0.2, 0.25) is 0 Å². The molecule has 1 aromatic heterocycles. The van der Waals surface area contributed by atoms with Crippen LogP contribution in [0.1, 0.15) is 19.4 Å². The highest BCUT2D eigenvalue weighted by Gasteiger charge is 2.21. The second kappa shape index (κ2) is 5.27. The van der Waals surface area contributed by atoms with E-state index in [9.17, 15) is 0 Å². The lowest BCUT2D eigenvalue weighted by molar-refractivity contribution is 0.167. The summed E-state index contributed by atoms with van der Waals surface area (Å²) in [6, 6.07) is 9.77. The summed E-state index contributed by atoms with van der Waals surface area (Å²) in [7, 11) is 0. The number of benzene rings is 1. The number of hydrogen-bond acceptors (Lipinski definition) is 3. The van der Waals surface area contributed by atoms with Crippen molar-refractivity contribution in [2.75, 3.05) is 13.1 Å². The molecule has 3 nitrogen and oxygen atoms in total. The second-order valence-electron chi connectivity index (χ2n) is 5.68. The molecule has 2 aromatic rings. The fourth-order valence-electron chi connectivity index (χ4n) is 3.14. The molecule has 0 radical (unpaired) electrons. The van der Waals surface area contributed by atoms with Crippen LogP contribution >= 0.6 is 0 Å². The maximum atomic E-state index is 4.20. The molecule has 1 aromatic carbocycles. The SMILES string of the molecule is CC1CN(Cc2cccc3cnccc23)CC(C)N1. The standard InChI is InChI=1S/C16H21N3/c1-12-9-19(10-13(2)18-12)11-15-5-3-4-14-8-17-7-6-16(14)15/h3-8,12-13,18H,9-11H2,1-2H3. The fourth-order valence-corrected chi connectivity index (χ4v) is 3.14. The minimum absolute atomic E-state index is 0.570. The van der Waals surface area contributed by atoms with Crippen molar-refractivity contribution in [3.05, 3.63) is 42.2 Å². The van der Waals surface area contributed by atoms with Gasteiger partial charge in [-0.25, -0.2) is 0 Å². The molecular formula is C16H21N3. The zero-order chi connectivity index (χ0) is 13.2. The number of rotatable bonds is 2. The number of nitrogens with one attached hydrogen (secondary N) is 1. The lowest BCUT2D eigenvalue weighted by Crippen LogP contribution is -2.53. The van der Waals surface area contributed by atoms with Crippen LogP contribution in [0, 0.1) is 0 Å². The molecule has 2 heterocycles. The Morgan fingerprint density at radius 3 is 2.79 bits per heavy atom. The zero-order valence-electron chi connectivity index (χ0n) is 11.6. The van der Waals surface area contributed by atoms with Crippen LogP contribution in [0.25, 0.3) is 10.8 Å². The van der Waals surface area contributed by atoms with E-state index in [1.54, 1.807) is 0 Å². The molecule has 100 valence electrons. The predicted octanol–water partition coefficient (Wildman–Crippen LogP) is 2.42. The van der Waals surface area contributed by atoms with Gasteiger partial charge in [-0.2, -0.15) is 0 Å². The van der Waals surface area contributed by atoms with Gasteiger partial charge in [0, 0.05) is 49.5 Å². The van der Waals surface area contributed by atoms with Crippen molar-refractivity contribution in [2.24, 2.45) is 0 Å². The summed E-state index contributed by atoms with van der Waals surface area (Å²) < 4.78 is 0. The quantitative estimate of drug-likeness (QED) is 0.893. The monoisotopic (exact) mass is 255 g/mol.